The van der Waals surface area contributed by atoms with Crippen LogP contribution in [0.15, 0.2) is 36.4 Å². The Kier molecular flexibility index (Phi) is 5.39. The van der Waals surface area contributed by atoms with Gasteiger partial charge in [0.15, 0.2) is 11.5 Å². The minimum absolute atomic E-state index is 0.156. The number of carbonyl (C=O) groups excluding carboxylic acids is 1. The Morgan fingerprint density at radius 2 is 1.81 bits per heavy atom. The van der Waals surface area contributed by atoms with E-state index in [1.807, 2.05) is 43.3 Å². The molecule has 1 aliphatic rings. The molecule has 1 unspecified atom stereocenters. The highest BCUT2D eigenvalue weighted by Crippen LogP contribution is 2.38. The molecule has 1 aromatic rings. The Morgan fingerprint density at radius 1 is 1.19 bits per heavy atom. The molecule has 0 saturated heterocycles. The molecule has 1 heterocycles. The number of carbonyl (C=O) groups is 1. The normalized spacial score (nSPS) is 17.0. The average molecular weight is 290 g/mol. The van der Waals surface area contributed by atoms with Crippen molar-refractivity contribution in [3.63, 3.8) is 0 Å². The van der Waals surface area contributed by atoms with E-state index < -0.39 is 11.7 Å². The summed E-state index contributed by atoms with van der Waals surface area (Å²) >= 11 is 0. The maximum absolute atomic E-state index is 11.4. The van der Waals surface area contributed by atoms with Crippen LogP contribution >= 0.6 is 0 Å². The summed E-state index contributed by atoms with van der Waals surface area (Å²) in [5.41, 5.74) is -0.476. The standard InChI is InChI=1S/C17H22O4/c1-17(13-19,10-6-2-3-7-11-18)12-16-20-14-8-4-5-9-15(14)21-16/h2-5,8-9,13,16,18H,6-7,10-12H2,1H3. The number of hydrogen-bond donors (Lipinski definition) is 1. The Hall–Kier alpha value is -1.81. The van der Waals surface area contributed by atoms with Gasteiger partial charge in [0, 0.05) is 18.4 Å². The van der Waals surface area contributed by atoms with Crippen LogP contribution in [0.3, 0.4) is 0 Å². The molecule has 0 amide bonds. The number of para-hydroxylation sites is 2. The first kappa shape index (κ1) is 15.6. The molecule has 4 heteroatoms. The van der Waals surface area contributed by atoms with Gasteiger partial charge in [0.1, 0.15) is 6.29 Å². The minimum atomic E-state index is -0.476. The zero-order valence-electron chi connectivity index (χ0n) is 12.3. The maximum atomic E-state index is 11.4. The second-order valence-corrected chi connectivity index (χ2v) is 5.61. The van der Waals surface area contributed by atoms with Crippen molar-refractivity contribution in [2.45, 2.75) is 38.9 Å². The number of allylic oxidation sites excluding steroid dienone is 1. The lowest BCUT2D eigenvalue weighted by molar-refractivity contribution is -0.119. The summed E-state index contributed by atoms with van der Waals surface area (Å²) < 4.78 is 11.4. The largest absolute Gasteiger partial charge is 0.451 e. The molecule has 1 aromatic carbocycles. The summed E-state index contributed by atoms with van der Waals surface area (Å²) in [5, 5.41) is 8.71. The van der Waals surface area contributed by atoms with Crippen molar-refractivity contribution in [2.24, 2.45) is 5.41 Å². The van der Waals surface area contributed by atoms with Crippen LogP contribution in [0.1, 0.15) is 32.6 Å². The fourth-order valence-electron chi connectivity index (χ4n) is 2.35. The van der Waals surface area contributed by atoms with E-state index in [1.165, 1.54) is 0 Å². The third-order valence-electron chi connectivity index (χ3n) is 3.63. The van der Waals surface area contributed by atoms with Crippen LogP contribution in [-0.2, 0) is 4.79 Å². The predicted molar refractivity (Wildman–Crippen MR) is 80.4 cm³/mol. The van der Waals surface area contributed by atoms with E-state index in [2.05, 4.69) is 0 Å². The number of aliphatic hydroxyl groups excluding tert-OH is 1. The van der Waals surface area contributed by atoms with Crippen molar-refractivity contribution in [3.8, 4) is 11.5 Å². The number of benzene rings is 1. The van der Waals surface area contributed by atoms with Crippen LogP contribution in [-0.4, -0.2) is 24.3 Å². The van der Waals surface area contributed by atoms with E-state index in [9.17, 15) is 4.79 Å². The number of hydrogen-bond acceptors (Lipinski definition) is 4. The van der Waals surface area contributed by atoms with Crippen LogP contribution in [0.4, 0.5) is 0 Å². The zero-order valence-corrected chi connectivity index (χ0v) is 12.3. The third-order valence-corrected chi connectivity index (χ3v) is 3.63. The molecule has 21 heavy (non-hydrogen) atoms. The first-order valence-electron chi connectivity index (χ1n) is 7.31. The highest BCUT2D eigenvalue weighted by molar-refractivity contribution is 5.58. The van der Waals surface area contributed by atoms with E-state index in [-0.39, 0.29) is 6.61 Å². The van der Waals surface area contributed by atoms with Crippen molar-refractivity contribution in [1.82, 2.24) is 0 Å². The Bertz CT molecular complexity index is 472. The minimum Gasteiger partial charge on any atom is -0.451 e. The molecule has 0 aromatic heterocycles. The number of fused-ring (bicyclic) bond motifs is 1. The lowest BCUT2D eigenvalue weighted by Crippen LogP contribution is -2.30. The topological polar surface area (TPSA) is 55.8 Å². The van der Waals surface area contributed by atoms with Crippen molar-refractivity contribution in [2.75, 3.05) is 6.61 Å². The first-order valence-corrected chi connectivity index (χ1v) is 7.31. The summed E-state index contributed by atoms with van der Waals surface area (Å²) in [5.74, 6) is 1.47. The van der Waals surface area contributed by atoms with Crippen LogP contribution in [0.25, 0.3) is 0 Å². The van der Waals surface area contributed by atoms with Gasteiger partial charge < -0.3 is 19.4 Å². The van der Waals surface area contributed by atoms with Crippen LogP contribution in [0.2, 0.25) is 0 Å². The molecule has 0 radical (unpaired) electrons. The highest BCUT2D eigenvalue weighted by Gasteiger charge is 2.33. The molecule has 0 bridgehead atoms. The summed E-state index contributed by atoms with van der Waals surface area (Å²) in [6, 6.07) is 7.53. The quantitative estimate of drug-likeness (QED) is 0.590. The van der Waals surface area contributed by atoms with Gasteiger partial charge in [0.05, 0.1) is 0 Å². The van der Waals surface area contributed by atoms with Crippen molar-refractivity contribution in [3.05, 3.63) is 36.4 Å². The number of aldehydes is 1. The van der Waals surface area contributed by atoms with Crippen molar-refractivity contribution >= 4 is 6.29 Å². The van der Waals surface area contributed by atoms with Crippen molar-refractivity contribution < 1.29 is 19.4 Å². The smallest absolute Gasteiger partial charge is 0.242 e. The van der Waals surface area contributed by atoms with E-state index >= 15 is 0 Å². The lowest BCUT2D eigenvalue weighted by atomic mass is 9.83. The Labute approximate surface area is 125 Å². The zero-order chi connectivity index (χ0) is 15.1. The molecule has 1 atom stereocenters. The van der Waals surface area contributed by atoms with E-state index in [0.29, 0.717) is 12.8 Å². The summed E-state index contributed by atoms with van der Waals surface area (Å²) in [7, 11) is 0. The SMILES string of the molecule is CC(C=O)(CCC=CCCO)CC1Oc2ccccc2O1. The highest BCUT2D eigenvalue weighted by atomic mass is 16.7. The van der Waals surface area contributed by atoms with E-state index in [0.717, 1.165) is 30.6 Å². The van der Waals surface area contributed by atoms with Gasteiger partial charge in [-0.25, -0.2) is 0 Å². The fourth-order valence-corrected chi connectivity index (χ4v) is 2.35. The van der Waals surface area contributed by atoms with Crippen LogP contribution in [0.5, 0.6) is 11.5 Å². The van der Waals surface area contributed by atoms with Gasteiger partial charge in [0.2, 0.25) is 6.29 Å². The van der Waals surface area contributed by atoms with Gasteiger partial charge in [-0.3, -0.25) is 0 Å². The lowest BCUT2D eigenvalue weighted by Gasteiger charge is -2.24. The van der Waals surface area contributed by atoms with Crippen molar-refractivity contribution in [1.29, 1.82) is 0 Å². The first-order chi connectivity index (χ1) is 10.2. The molecular weight excluding hydrogens is 268 g/mol. The van der Waals surface area contributed by atoms with Gasteiger partial charge in [-0.1, -0.05) is 31.2 Å². The van der Waals surface area contributed by atoms with Gasteiger partial charge in [0.25, 0.3) is 0 Å². The van der Waals surface area contributed by atoms with E-state index in [1.54, 1.807) is 0 Å². The molecule has 1 aliphatic heterocycles. The molecule has 114 valence electrons. The number of aliphatic hydroxyl groups is 1. The molecule has 2 rings (SSSR count). The molecular formula is C17H22O4. The van der Waals surface area contributed by atoms with Gasteiger partial charge >= 0.3 is 0 Å². The maximum Gasteiger partial charge on any atom is 0.242 e. The van der Waals surface area contributed by atoms with E-state index in [4.69, 9.17) is 14.6 Å². The molecule has 0 aliphatic carbocycles. The average Bonchev–Trinajstić information content (AvgIpc) is 2.89. The Balaban J connectivity index is 1.86. The molecule has 4 nitrogen and oxygen atoms in total. The van der Waals surface area contributed by atoms with Gasteiger partial charge in [-0.15, -0.1) is 0 Å². The molecule has 0 spiro atoms. The number of rotatable bonds is 8. The predicted octanol–water partition coefficient (Wildman–Crippen LogP) is 3.10. The summed E-state index contributed by atoms with van der Waals surface area (Å²) in [6.45, 7) is 2.08. The fraction of sp³-hybridized carbons (Fsp3) is 0.471. The third kappa shape index (κ3) is 4.33. The monoisotopic (exact) mass is 290 g/mol. The van der Waals surface area contributed by atoms with Gasteiger partial charge in [-0.05, 0) is 31.4 Å². The van der Waals surface area contributed by atoms with Crippen LogP contribution < -0.4 is 9.47 Å². The molecule has 0 fully saturated rings. The summed E-state index contributed by atoms with van der Waals surface area (Å²) in [4.78, 5) is 11.4. The van der Waals surface area contributed by atoms with Crippen LogP contribution in [0, 0.1) is 5.41 Å². The second-order valence-electron chi connectivity index (χ2n) is 5.61. The number of ether oxygens (including phenoxy) is 2. The Morgan fingerprint density at radius 3 is 2.38 bits per heavy atom. The molecule has 1 N–H and O–H groups in total. The second kappa shape index (κ2) is 7.27. The molecule has 0 saturated carbocycles. The summed E-state index contributed by atoms with van der Waals surface area (Å²) in [6.07, 6.45) is 7.24. The van der Waals surface area contributed by atoms with Gasteiger partial charge in [-0.2, -0.15) is 0 Å².